The molecule has 96 valence electrons. The Morgan fingerprint density at radius 1 is 1.26 bits per heavy atom. The quantitative estimate of drug-likeness (QED) is 0.725. The molecule has 0 amide bonds. The molecule has 1 aromatic carbocycles. The summed E-state index contributed by atoms with van der Waals surface area (Å²) < 4.78 is 15.5. The molecule has 2 heterocycles. The van der Waals surface area contributed by atoms with Crippen LogP contribution in [0.2, 0.25) is 0 Å². The van der Waals surface area contributed by atoms with Crippen molar-refractivity contribution in [3.63, 3.8) is 0 Å². The Morgan fingerprint density at radius 2 is 2.16 bits per heavy atom. The monoisotopic (exact) mass is 257 g/mol. The predicted octanol–water partition coefficient (Wildman–Crippen LogP) is 2.59. The van der Waals surface area contributed by atoms with Gasteiger partial charge in [-0.15, -0.1) is 0 Å². The predicted molar refractivity (Wildman–Crippen MR) is 68.4 cm³/mol. The van der Waals surface area contributed by atoms with E-state index in [0.29, 0.717) is 34.5 Å². The summed E-state index contributed by atoms with van der Waals surface area (Å²) in [7, 11) is 1.58. The second-order valence-electron chi connectivity index (χ2n) is 3.85. The fourth-order valence-electron chi connectivity index (χ4n) is 1.70. The fourth-order valence-corrected chi connectivity index (χ4v) is 1.70. The van der Waals surface area contributed by atoms with E-state index in [4.69, 9.17) is 19.4 Å². The van der Waals surface area contributed by atoms with Crippen molar-refractivity contribution in [3.05, 3.63) is 36.6 Å². The SMILES string of the molecule is COc1ccc(-c2nc(-c3ccco3)no2)c(N)c1. The highest BCUT2D eigenvalue weighted by molar-refractivity contribution is 5.72. The molecule has 3 rings (SSSR count). The van der Waals surface area contributed by atoms with Crippen LogP contribution in [0, 0.1) is 0 Å². The third-order valence-electron chi connectivity index (χ3n) is 2.66. The molecule has 0 aliphatic carbocycles. The van der Waals surface area contributed by atoms with E-state index in [-0.39, 0.29) is 0 Å². The van der Waals surface area contributed by atoms with Gasteiger partial charge in [0.1, 0.15) is 5.75 Å². The molecule has 3 aromatic rings. The van der Waals surface area contributed by atoms with Crippen molar-refractivity contribution in [2.75, 3.05) is 12.8 Å². The number of nitrogens with two attached hydrogens (primary N) is 1. The maximum absolute atomic E-state index is 5.93. The fraction of sp³-hybridized carbons (Fsp3) is 0.0769. The van der Waals surface area contributed by atoms with Gasteiger partial charge in [-0.05, 0) is 24.3 Å². The number of nitrogen functional groups attached to an aromatic ring is 1. The Balaban J connectivity index is 1.99. The molecule has 2 aromatic heterocycles. The number of methoxy groups -OCH3 is 1. The first kappa shape index (κ1) is 11.3. The van der Waals surface area contributed by atoms with Crippen molar-refractivity contribution >= 4 is 5.69 Å². The number of hydrogen-bond donors (Lipinski definition) is 1. The molecule has 6 heteroatoms. The molecule has 0 saturated carbocycles. The molecule has 0 spiro atoms. The summed E-state index contributed by atoms with van der Waals surface area (Å²) in [4.78, 5) is 4.25. The first-order chi connectivity index (χ1) is 9.28. The first-order valence-electron chi connectivity index (χ1n) is 5.59. The van der Waals surface area contributed by atoms with Gasteiger partial charge >= 0.3 is 0 Å². The molecule has 19 heavy (non-hydrogen) atoms. The smallest absolute Gasteiger partial charge is 0.260 e. The van der Waals surface area contributed by atoms with Crippen LogP contribution in [-0.4, -0.2) is 17.3 Å². The van der Waals surface area contributed by atoms with Gasteiger partial charge in [0.15, 0.2) is 5.76 Å². The lowest BCUT2D eigenvalue weighted by Gasteiger charge is -2.03. The number of hydrogen-bond acceptors (Lipinski definition) is 6. The van der Waals surface area contributed by atoms with Crippen LogP contribution in [0.15, 0.2) is 45.5 Å². The molecule has 0 fully saturated rings. The molecular weight excluding hydrogens is 246 g/mol. The Hall–Kier alpha value is -2.76. The molecule has 6 nitrogen and oxygen atoms in total. The number of nitrogens with zero attached hydrogens (tertiary/aromatic N) is 2. The van der Waals surface area contributed by atoms with E-state index in [1.807, 2.05) is 0 Å². The molecule has 0 saturated heterocycles. The van der Waals surface area contributed by atoms with Gasteiger partial charge in [0.25, 0.3) is 5.89 Å². The summed E-state index contributed by atoms with van der Waals surface area (Å²) >= 11 is 0. The third kappa shape index (κ3) is 2.03. The lowest BCUT2D eigenvalue weighted by atomic mass is 10.1. The topological polar surface area (TPSA) is 87.3 Å². The number of rotatable bonds is 3. The van der Waals surface area contributed by atoms with Gasteiger partial charge in [-0.1, -0.05) is 5.16 Å². The number of furan rings is 1. The van der Waals surface area contributed by atoms with Crippen LogP contribution < -0.4 is 10.5 Å². The van der Waals surface area contributed by atoms with E-state index in [2.05, 4.69) is 10.1 Å². The van der Waals surface area contributed by atoms with Crippen LogP contribution in [-0.2, 0) is 0 Å². The highest BCUT2D eigenvalue weighted by Gasteiger charge is 2.14. The maximum Gasteiger partial charge on any atom is 0.260 e. The normalized spacial score (nSPS) is 10.6. The highest BCUT2D eigenvalue weighted by atomic mass is 16.5. The van der Waals surface area contributed by atoms with Crippen molar-refractivity contribution in [2.24, 2.45) is 0 Å². The Labute approximate surface area is 108 Å². The number of benzene rings is 1. The van der Waals surface area contributed by atoms with E-state index in [9.17, 15) is 0 Å². The van der Waals surface area contributed by atoms with E-state index in [0.717, 1.165) is 0 Å². The summed E-state index contributed by atoms with van der Waals surface area (Å²) in [5.74, 6) is 1.94. The standard InChI is InChI=1S/C13H11N3O3/c1-17-8-4-5-9(10(14)7-8)13-15-12(16-19-13)11-3-2-6-18-11/h2-7H,14H2,1H3. The Bertz CT molecular complexity index is 689. The van der Waals surface area contributed by atoms with Gasteiger partial charge < -0.3 is 19.4 Å². The summed E-state index contributed by atoms with van der Waals surface area (Å²) in [6, 6.07) is 8.77. The number of ether oxygens (including phenoxy) is 1. The van der Waals surface area contributed by atoms with Crippen LogP contribution in [0.25, 0.3) is 23.0 Å². The van der Waals surface area contributed by atoms with Gasteiger partial charge in [0.05, 0.1) is 18.9 Å². The largest absolute Gasteiger partial charge is 0.497 e. The minimum atomic E-state index is 0.339. The minimum absolute atomic E-state index is 0.339. The number of anilines is 1. The molecular formula is C13H11N3O3. The van der Waals surface area contributed by atoms with E-state index in [1.54, 1.807) is 43.7 Å². The summed E-state index contributed by atoms with van der Waals surface area (Å²) in [5, 5.41) is 3.85. The van der Waals surface area contributed by atoms with E-state index < -0.39 is 0 Å². The average molecular weight is 257 g/mol. The molecule has 0 aliphatic rings. The summed E-state index contributed by atoms with van der Waals surface area (Å²) in [6.07, 6.45) is 1.55. The lowest BCUT2D eigenvalue weighted by Crippen LogP contribution is -1.92. The summed E-state index contributed by atoms with van der Waals surface area (Å²) in [5.41, 5.74) is 7.09. The van der Waals surface area contributed by atoms with Crippen LogP contribution in [0.5, 0.6) is 5.75 Å². The van der Waals surface area contributed by atoms with Crippen LogP contribution in [0.1, 0.15) is 0 Å². The Morgan fingerprint density at radius 3 is 2.84 bits per heavy atom. The Kier molecular flexibility index (Phi) is 2.68. The first-order valence-corrected chi connectivity index (χ1v) is 5.59. The van der Waals surface area contributed by atoms with Gasteiger partial charge in [0, 0.05) is 11.8 Å². The van der Waals surface area contributed by atoms with Gasteiger partial charge in [-0.2, -0.15) is 4.98 Å². The molecule has 0 aliphatic heterocycles. The second kappa shape index (κ2) is 4.49. The number of aromatic nitrogens is 2. The molecule has 0 bridgehead atoms. The zero-order chi connectivity index (χ0) is 13.2. The van der Waals surface area contributed by atoms with Crippen LogP contribution in [0.4, 0.5) is 5.69 Å². The van der Waals surface area contributed by atoms with E-state index >= 15 is 0 Å². The molecule has 0 atom stereocenters. The van der Waals surface area contributed by atoms with Crippen molar-refractivity contribution in [2.45, 2.75) is 0 Å². The van der Waals surface area contributed by atoms with Gasteiger partial charge in [-0.25, -0.2) is 0 Å². The molecule has 0 radical (unpaired) electrons. The van der Waals surface area contributed by atoms with Gasteiger partial charge in [0.2, 0.25) is 5.82 Å². The lowest BCUT2D eigenvalue weighted by molar-refractivity contribution is 0.414. The van der Waals surface area contributed by atoms with Crippen LogP contribution in [0.3, 0.4) is 0 Å². The second-order valence-corrected chi connectivity index (χ2v) is 3.85. The highest BCUT2D eigenvalue weighted by Crippen LogP contribution is 2.29. The van der Waals surface area contributed by atoms with Crippen molar-refractivity contribution in [3.8, 4) is 28.8 Å². The zero-order valence-electron chi connectivity index (χ0n) is 10.2. The van der Waals surface area contributed by atoms with E-state index in [1.165, 1.54) is 0 Å². The maximum atomic E-state index is 5.93. The molecule has 0 unspecified atom stereocenters. The van der Waals surface area contributed by atoms with Crippen molar-refractivity contribution < 1.29 is 13.7 Å². The van der Waals surface area contributed by atoms with Crippen molar-refractivity contribution in [1.29, 1.82) is 0 Å². The summed E-state index contributed by atoms with van der Waals surface area (Å²) in [6.45, 7) is 0. The zero-order valence-corrected chi connectivity index (χ0v) is 10.2. The van der Waals surface area contributed by atoms with Crippen LogP contribution >= 0.6 is 0 Å². The minimum Gasteiger partial charge on any atom is -0.497 e. The van der Waals surface area contributed by atoms with Crippen molar-refractivity contribution in [1.82, 2.24) is 10.1 Å². The van der Waals surface area contributed by atoms with Gasteiger partial charge in [-0.3, -0.25) is 0 Å². The third-order valence-corrected chi connectivity index (χ3v) is 2.66. The average Bonchev–Trinajstić information content (AvgIpc) is 3.09. The molecule has 2 N–H and O–H groups in total.